The highest BCUT2D eigenvalue weighted by atomic mass is 16.6. The number of aromatic nitrogens is 3. The van der Waals surface area contributed by atoms with Gasteiger partial charge in [0.1, 0.15) is 0 Å². The molecule has 0 aliphatic rings. The summed E-state index contributed by atoms with van der Waals surface area (Å²) in [5.74, 6) is -0.549. The van der Waals surface area contributed by atoms with Gasteiger partial charge in [-0.05, 0) is 29.8 Å². The van der Waals surface area contributed by atoms with Gasteiger partial charge in [-0.15, -0.1) is 0 Å². The Morgan fingerprint density at radius 3 is 2.64 bits per heavy atom. The van der Waals surface area contributed by atoms with Crippen molar-refractivity contribution in [3.05, 3.63) is 87.2 Å². The fraction of sp³-hybridized carbons (Fsp3) is 0.0588. The second kappa shape index (κ2) is 5.75. The van der Waals surface area contributed by atoms with Crippen molar-refractivity contribution >= 4 is 16.8 Å². The zero-order valence-corrected chi connectivity index (χ0v) is 12.9. The minimum atomic E-state index is -0.549. The van der Waals surface area contributed by atoms with Crippen LogP contribution in [-0.4, -0.2) is 19.3 Å². The number of hydrogen-bond acceptors (Lipinski definition) is 5. The Balaban J connectivity index is 1.67. The average Bonchev–Trinajstić information content (AvgIpc) is 3.24. The Bertz CT molecular complexity index is 1110. The lowest BCUT2D eigenvalue weighted by molar-refractivity contribution is -0.384. The van der Waals surface area contributed by atoms with E-state index >= 15 is 0 Å². The summed E-state index contributed by atoms with van der Waals surface area (Å²) in [5, 5.41) is 15.0. The number of nitrogens with zero attached hydrogens (tertiary/aromatic N) is 4. The molecule has 0 aliphatic carbocycles. The molecule has 4 rings (SSSR count). The first-order chi connectivity index (χ1) is 12.1. The molecule has 0 spiro atoms. The van der Waals surface area contributed by atoms with Crippen molar-refractivity contribution in [3.63, 3.8) is 0 Å². The molecule has 0 atom stereocenters. The van der Waals surface area contributed by atoms with Crippen LogP contribution in [0.4, 0.5) is 5.69 Å². The van der Waals surface area contributed by atoms with E-state index < -0.39 is 10.7 Å². The summed E-state index contributed by atoms with van der Waals surface area (Å²) in [7, 11) is 0. The third kappa shape index (κ3) is 2.69. The van der Waals surface area contributed by atoms with Gasteiger partial charge in [-0.2, -0.15) is 5.10 Å². The molecule has 124 valence electrons. The third-order valence-corrected chi connectivity index (χ3v) is 3.91. The van der Waals surface area contributed by atoms with Crippen molar-refractivity contribution in [1.82, 2.24) is 14.3 Å². The molecule has 8 nitrogen and oxygen atoms in total. The third-order valence-electron chi connectivity index (χ3n) is 3.91. The maximum absolute atomic E-state index is 12.1. The Kier molecular flexibility index (Phi) is 3.42. The van der Waals surface area contributed by atoms with Crippen LogP contribution in [0.5, 0.6) is 0 Å². The van der Waals surface area contributed by atoms with E-state index in [0.29, 0.717) is 12.1 Å². The predicted molar refractivity (Wildman–Crippen MR) is 89.8 cm³/mol. The van der Waals surface area contributed by atoms with Crippen molar-refractivity contribution in [1.29, 1.82) is 0 Å². The lowest BCUT2D eigenvalue weighted by atomic mass is 10.2. The standard InChI is InChI=1S/C17H12N4O4/c22-17-19(15-7-6-14(21(23)24)10-16(15)25-17)11-12-2-4-13(5-3-12)20-9-1-8-18-20/h1-10H,11H2. The van der Waals surface area contributed by atoms with Crippen LogP contribution >= 0.6 is 0 Å². The highest BCUT2D eigenvalue weighted by molar-refractivity contribution is 5.75. The first-order valence-electron chi connectivity index (χ1n) is 7.48. The molecule has 8 heteroatoms. The minimum absolute atomic E-state index is 0.114. The molecule has 0 saturated carbocycles. The number of benzene rings is 2. The van der Waals surface area contributed by atoms with Crippen molar-refractivity contribution in [2.75, 3.05) is 0 Å². The zero-order valence-electron chi connectivity index (χ0n) is 12.9. The molecule has 2 aromatic carbocycles. The lowest BCUT2D eigenvalue weighted by Crippen LogP contribution is -2.14. The maximum atomic E-state index is 12.1. The van der Waals surface area contributed by atoms with Crippen LogP contribution in [0.1, 0.15) is 5.56 Å². The van der Waals surface area contributed by atoms with Gasteiger partial charge >= 0.3 is 5.76 Å². The van der Waals surface area contributed by atoms with Crippen LogP contribution in [0.15, 0.2) is 70.1 Å². The van der Waals surface area contributed by atoms with Crippen LogP contribution in [-0.2, 0) is 6.54 Å². The molecule has 0 N–H and O–H groups in total. The minimum Gasteiger partial charge on any atom is -0.407 e. The maximum Gasteiger partial charge on any atom is 0.420 e. The van der Waals surface area contributed by atoms with Gasteiger partial charge in [-0.1, -0.05) is 12.1 Å². The van der Waals surface area contributed by atoms with Gasteiger partial charge in [0.25, 0.3) is 5.69 Å². The second-order valence-corrected chi connectivity index (χ2v) is 5.48. The number of hydrogen-bond donors (Lipinski definition) is 0. The van der Waals surface area contributed by atoms with E-state index in [4.69, 9.17) is 4.42 Å². The number of non-ortho nitro benzene ring substituents is 1. The quantitative estimate of drug-likeness (QED) is 0.422. The molecule has 2 heterocycles. The van der Waals surface area contributed by atoms with E-state index in [0.717, 1.165) is 11.3 Å². The predicted octanol–water partition coefficient (Wildman–Crippen LogP) is 2.74. The van der Waals surface area contributed by atoms with Gasteiger partial charge < -0.3 is 4.42 Å². The van der Waals surface area contributed by atoms with Crippen LogP contribution in [0.2, 0.25) is 0 Å². The Labute approximate surface area is 140 Å². The highest BCUT2D eigenvalue weighted by Crippen LogP contribution is 2.21. The van der Waals surface area contributed by atoms with Gasteiger partial charge in [0.2, 0.25) is 0 Å². The summed E-state index contributed by atoms with van der Waals surface area (Å²) in [6.07, 6.45) is 3.54. The Morgan fingerprint density at radius 2 is 1.96 bits per heavy atom. The second-order valence-electron chi connectivity index (χ2n) is 5.48. The van der Waals surface area contributed by atoms with E-state index in [1.54, 1.807) is 10.9 Å². The number of oxazole rings is 1. The fourth-order valence-corrected chi connectivity index (χ4v) is 2.68. The van der Waals surface area contributed by atoms with Crippen LogP contribution in [0.3, 0.4) is 0 Å². The van der Waals surface area contributed by atoms with Gasteiger partial charge in [0, 0.05) is 18.5 Å². The molecule has 25 heavy (non-hydrogen) atoms. The molecule has 0 amide bonds. The lowest BCUT2D eigenvalue weighted by Gasteiger charge is -2.05. The van der Waals surface area contributed by atoms with Crippen molar-refractivity contribution in [3.8, 4) is 5.69 Å². The Hall–Kier alpha value is -3.68. The van der Waals surface area contributed by atoms with Gasteiger partial charge in [0.05, 0.1) is 28.7 Å². The first-order valence-corrected chi connectivity index (χ1v) is 7.48. The summed E-state index contributed by atoms with van der Waals surface area (Å²) in [6, 6.07) is 13.6. The summed E-state index contributed by atoms with van der Waals surface area (Å²) in [6.45, 7) is 0.309. The summed E-state index contributed by atoms with van der Waals surface area (Å²) in [4.78, 5) is 22.4. The smallest absolute Gasteiger partial charge is 0.407 e. The number of nitro benzene ring substituents is 1. The van der Waals surface area contributed by atoms with Crippen LogP contribution < -0.4 is 5.76 Å². The molecule has 0 bridgehead atoms. The molecule has 4 aromatic rings. The van der Waals surface area contributed by atoms with Gasteiger partial charge in [-0.3, -0.25) is 14.7 Å². The average molecular weight is 336 g/mol. The van der Waals surface area contributed by atoms with E-state index in [1.165, 1.54) is 22.8 Å². The Morgan fingerprint density at radius 1 is 1.16 bits per heavy atom. The number of fused-ring (bicyclic) bond motifs is 1. The molecular weight excluding hydrogens is 324 g/mol. The highest BCUT2D eigenvalue weighted by Gasteiger charge is 2.14. The van der Waals surface area contributed by atoms with E-state index in [9.17, 15) is 14.9 Å². The molecular formula is C17H12N4O4. The van der Waals surface area contributed by atoms with Crippen molar-refractivity contribution in [2.24, 2.45) is 0 Å². The molecule has 0 radical (unpaired) electrons. The first kappa shape index (κ1) is 14.9. The van der Waals surface area contributed by atoms with Gasteiger partial charge in [0.15, 0.2) is 5.58 Å². The van der Waals surface area contributed by atoms with Crippen molar-refractivity contribution < 1.29 is 9.34 Å². The van der Waals surface area contributed by atoms with Crippen LogP contribution in [0.25, 0.3) is 16.8 Å². The summed E-state index contributed by atoms with van der Waals surface area (Å²) in [5.41, 5.74) is 2.42. The molecule has 2 aromatic heterocycles. The van der Waals surface area contributed by atoms with Gasteiger partial charge in [-0.25, -0.2) is 9.48 Å². The van der Waals surface area contributed by atoms with E-state index in [-0.39, 0.29) is 11.3 Å². The SMILES string of the molecule is O=c1oc2cc([N+](=O)[O-])ccc2n1Cc1ccc(-n2cccn2)cc1. The van der Waals surface area contributed by atoms with E-state index in [2.05, 4.69) is 5.10 Å². The summed E-state index contributed by atoms with van der Waals surface area (Å²) < 4.78 is 8.32. The molecule has 0 saturated heterocycles. The molecule has 0 fully saturated rings. The zero-order chi connectivity index (χ0) is 17.4. The summed E-state index contributed by atoms with van der Waals surface area (Å²) >= 11 is 0. The number of rotatable bonds is 4. The molecule has 0 unspecified atom stereocenters. The topological polar surface area (TPSA) is 96.1 Å². The largest absolute Gasteiger partial charge is 0.420 e. The van der Waals surface area contributed by atoms with Crippen LogP contribution in [0, 0.1) is 10.1 Å². The van der Waals surface area contributed by atoms with E-state index in [1.807, 2.05) is 36.5 Å². The normalized spacial score (nSPS) is 11.0. The van der Waals surface area contributed by atoms with Crippen molar-refractivity contribution in [2.45, 2.75) is 6.54 Å². The fourth-order valence-electron chi connectivity index (χ4n) is 2.68. The monoisotopic (exact) mass is 336 g/mol. The number of nitro groups is 1. The molecule has 0 aliphatic heterocycles.